The number of nitrogens with one attached hydrogen (secondary N) is 1. The van der Waals surface area contributed by atoms with Gasteiger partial charge in [0.25, 0.3) is 5.91 Å². The van der Waals surface area contributed by atoms with Crippen LogP contribution in [-0.2, 0) is 16.0 Å². The molecule has 1 heterocycles. The molecule has 0 bridgehead atoms. The van der Waals surface area contributed by atoms with Crippen molar-refractivity contribution in [1.82, 2.24) is 9.88 Å². The van der Waals surface area contributed by atoms with E-state index in [0.29, 0.717) is 12.3 Å². The molecule has 0 saturated heterocycles. The number of aromatic amines is 1. The summed E-state index contributed by atoms with van der Waals surface area (Å²) in [5, 5.41) is 0. The molecule has 0 radical (unpaired) electrons. The minimum atomic E-state index is -0.779. The minimum Gasteiger partial charge on any atom is -0.438 e. The van der Waals surface area contributed by atoms with Crippen molar-refractivity contribution in [2.75, 3.05) is 20.3 Å². The predicted octanol–water partition coefficient (Wildman–Crippen LogP) is 4.22. The third kappa shape index (κ3) is 7.10. The third-order valence-electron chi connectivity index (χ3n) is 4.55. The second-order valence-electron chi connectivity index (χ2n) is 6.90. The number of carbonyl (C=O) groups excluding carboxylic acids is 3. The van der Waals surface area contributed by atoms with Gasteiger partial charge in [-0.05, 0) is 35.9 Å². The summed E-state index contributed by atoms with van der Waals surface area (Å²) in [6.07, 6.45) is 2.56. The smallest absolute Gasteiger partial charge is 0.438 e. The van der Waals surface area contributed by atoms with E-state index >= 15 is 0 Å². The summed E-state index contributed by atoms with van der Waals surface area (Å²) in [6, 6.07) is 21.3. The molecule has 8 nitrogen and oxygen atoms in total. The number of aromatic nitrogens is 1. The number of para-hydroxylation sites is 1. The van der Waals surface area contributed by atoms with Crippen LogP contribution < -0.4 is 4.74 Å². The van der Waals surface area contributed by atoms with Gasteiger partial charge in [-0.3, -0.25) is 4.79 Å². The molecule has 2 aromatic carbocycles. The van der Waals surface area contributed by atoms with Gasteiger partial charge >= 0.3 is 12.1 Å². The number of carbonyl (C=O) groups is 3. The van der Waals surface area contributed by atoms with Gasteiger partial charge in [-0.1, -0.05) is 54.6 Å². The Balaban J connectivity index is 1.69. The van der Waals surface area contributed by atoms with Crippen molar-refractivity contribution < 1.29 is 28.6 Å². The number of amides is 1. The monoisotopic (exact) mass is 448 g/mol. The lowest BCUT2D eigenvalue weighted by Crippen LogP contribution is -2.31. The van der Waals surface area contributed by atoms with Gasteiger partial charge in [0.15, 0.2) is 0 Å². The van der Waals surface area contributed by atoms with Crippen LogP contribution in [-0.4, -0.2) is 48.2 Å². The zero-order valence-electron chi connectivity index (χ0n) is 18.1. The largest absolute Gasteiger partial charge is 0.508 e. The van der Waals surface area contributed by atoms with Crippen molar-refractivity contribution in [2.24, 2.45) is 0 Å². The Bertz CT molecular complexity index is 1090. The van der Waals surface area contributed by atoms with Crippen molar-refractivity contribution >= 4 is 18.0 Å². The first-order valence-electron chi connectivity index (χ1n) is 10.2. The molecule has 0 atom stereocenters. The van der Waals surface area contributed by atoms with E-state index in [1.807, 2.05) is 36.4 Å². The Labute approximate surface area is 191 Å². The Kier molecular flexibility index (Phi) is 8.41. The maximum Gasteiger partial charge on any atom is 0.508 e. The highest BCUT2D eigenvalue weighted by atomic mass is 16.7. The summed E-state index contributed by atoms with van der Waals surface area (Å²) < 4.78 is 14.5. The van der Waals surface area contributed by atoms with Crippen molar-refractivity contribution in [3.05, 3.63) is 102 Å². The van der Waals surface area contributed by atoms with Crippen LogP contribution in [0.15, 0.2) is 84.9 Å². The first-order valence-corrected chi connectivity index (χ1v) is 10.2. The van der Waals surface area contributed by atoms with E-state index in [0.717, 1.165) is 5.56 Å². The van der Waals surface area contributed by atoms with Crippen LogP contribution in [0.1, 0.15) is 26.5 Å². The number of benzene rings is 2. The van der Waals surface area contributed by atoms with Crippen LogP contribution in [0.3, 0.4) is 0 Å². The molecule has 0 aliphatic carbocycles. The molecular weight excluding hydrogens is 424 g/mol. The van der Waals surface area contributed by atoms with Gasteiger partial charge < -0.3 is 24.1 Å². The number of ether oxygens (including phenoxy) is 3. The number of rotatable bonds is 9. The maximum absolute atomic E-state index is 13.2. The van der Waals surface area contributed by atoms with E-state index in [1.165, 1.54) is 13.2 Å². The summed E-state index contributed by atoms with van der Waals surface area (Å²) in [6.45, 7) is 0.643. The van der Waals surface area contributed by atoms with Crippen LogP contribution in [0, 0.1) is 0 Å². The molecule has 1 N–H and O–H groups in total. The molecule has 8 heteroatoms. The van der Waals surface area contributed by atoms with E-state index in [1.54, 1.807) is 47.4 Å². The van der Waals surface area contributed by atoms with Crippen molar-refractivity contribution in [2.45, 2.75) is 6.54 Å². The Morgan fingerprint density at radius 1 is 0.879 bits per heavy atom. The Morgan fingerprint density at radius 3 is 2.24 bits per heavy atom. The van der Waals surface area contributed by atoms with E-state index in [2.05, 4.69) is 9.72 Å². The van der Waals surface area contributed by atoms with Crippen molar-refractivity contribution in [3.8, 4) is 5.75 Å². The Hall–Kier alpha value is -4.33. The lowest BCUT2D eigenvalue weighted by atomic mass is 10.2. The molecule has 0 saturated carbocycles. The minimum absolute atomic E-state index is 0.0258. The Morgan fingerprint density at radius 2 is 1.55 bits per heavy atom. The van der Waals surface area contributed by atoms with Gasteiger partial charge in [-0.25, -0.2) is 9.59 Å². The molecule has 0 aliphatic rings. The van der Waals surface area contributed by atoms with Gasteiger partial charge in [-0.2, -0.15) is 0 Å². The first kappa shape index (κ1) is 23.3. The second-order valence-corrected chi connectivity index (χ2v) is 6.90. The highest BCUT2D eigenvalue weighted by Gasteiger charge is 2.19. The average Bonchev–Trinajstić information content (AvgIpc) is 3.34. The third-order valence-corrected chi connectivity index (χ3v) is 4.55. The molecule has 0 spiro atoms. The maximum atomic E-state index is 13.2. The topological polar surface area (TPSA) is 97.9 Å². The van der Waals surface area contributed by atoms with Crippen molar-refractivity contribution in [1.29, 1.82) is 0 Å². The van der Waals surface area contributed by atoms with Gasteiger partial charge in [0.05, 0.1) is 7.11 Å². The molecule has 3 aromatic rings. The van der Waals surface area contributed by atoms with E-state index in [4.69, 9.17) is 9.47 Å². The molecule has 3 rings (SSSR count). The number of hydrogen-bond donors (Lipinski definition) is 1. The lowest BCUT2D eigenvalue weighted by Gasteiger charge is -2.21. The zero-order chi connectivity index (χ0) is 23.5. The van der Waals surface area contributed by atoms with Crippen LogP contribution in [0.2, 0.25) is 0 Å². The van der Waals surface area contributed by atoms with Crippen molar-refractivity contribution in [3.63, 3.8) is 0 Å². The molecule has 170 valence electrons. The van der Waals surface area contributed by atoms with Crippen LogP contribution >= 0.6 is 0 Å². The van der Waals surface area contributed by atoms with Crippen LogP contribution in [0.4, 0.5) is 4.79 Å². The number of methoxy groups -OCH3 is 1. The molecule has 1 aromatic heterocycles. The molecule has 33 heavy (non-hydrogen) atoms. The van der Waals surface area contributed by atoms with E-state index in [-0.39, 0.29) is 30.4 Å². The number of nitrogens with zero attached hydrogens (tertiary/aromatic N) is 1. The van der Waals surface area contributed by atoms with Gasteiger partial charge in [0, 0.05) is 13.1 Å². The van der Waals surface area contributed by atoms with Gasteiger partial charge in [0.2, 0.25) is 0 Å². The zero-order valence-corrected chi connectivity index (χ0v) is 18.1. The summed E-state index contributed by atoms with van der Waals surface area (Å²) >= 11 is 0. The predicted molar refractivity (Wildman–Crippen MR) is 121 cm³/mol. The molecule has 0 unspecified atom stereocenters. The molecule has 1 amide bonds. The van der Waals surface area contributed by atoms with E-state index < -0.39 is 12.1 Å². The highest BCUT2D eigenvalue weighted by Crippen LogP contribution is 2.14. The summed E-state index contributed by atoms with van der Waals surface area (Å²) in [4.78, 5) is 41.0. The van der Waals surface area contributed by atoms with Gasteiger partial charge in [0.1, 0.15) is 23.7 Å². The highest BCUT2D eigenvalue weighted by molar-refractivity contribution is 5.96. The fraction of sp³-hybridized carbons (Fsp3) is 0.160. The van der Waals surface area contributed by atoms with E-state index in [9.17, 15) is 14.4 Å². The molecular formula is C25H24N2O6. The summed E-state index contributed by atoms with van der Waals surface area (Å²) in [5.74, 6) is -0.471. The number of hydrogen-bond acceptors (Lipinski definition) is 6. The fourth-order valence-electron chi connectivity index (χ4n) is 2.93. The standard InChI is InChI=1S/C25H24N2O6/c1-31-25(30)32-17-9-8-16-27(18-19-10-4-2-5-11-19)23(28)21-14-15-22(26-21)24(29)33-20-12-6-3-7-13-20/h2-15,26H,16-18H2,1H3/b9-8+. The SMILES string of the molecule is COC(=O)OC/C=C/CN(Cc1ccccc1)C(=O)c1ccc(C(=O)Oc2ccccc2)[nH]1. The first-order chi connectivity index (χ1) is 16.1. The average molecular weight is 448 g/mol. The quantitative estimate of drug-likeness (QED) is 0.299. The van der Waals surface area contributed by atoms with Gasteiger partial charge in [-0.15, -0.1) is 0 Å². The number of esters is 1. The van der Waals surface area contributed by atoms with Crippen LogP contribution in [0.25, 0.3) is 0 Å². The fourth-order valence-corrected chi connectivity index (χ4v) is 2.93. The van der Waals surface area contributed by atoms with Crippen LogP contribution in [0.5, 0.6) is 5.75 Å². The lowest BCUT2D eigenvalue weighted by molar-refractivity contribution is 0.0727. The normalized spacial score (nSPS) is 10.6. The molecule has 0 fully saturated rings. The summed E-state index contributed by atoms with van der Waals surface area (Å²) in [7, 11) is 1.23. The number of H-pyrrole nitrogens is 1. The second kappa shape index (κ2) is 11.9. The molecule has 0 aliphatic heterocycles. The summed E-state index contributed by atoms with van der Waals surface area (Å²) in [5.41, 5.74) is 1.37.